The average molecular weight is 180 g/mol. The van der Waals surface area contributed by atoms with Crippen molar-refractivity contribution in [2.45, 2.75) is 45.6 Å². The highest BCUT2D eigenvalue weighted by Gasteiger charge is 2.25. The fourth-order valence-corrected chi connectivity index (χ4v) is 2.03. The molecule has 0 radical (unpaired) electrons. The summed E-state index contributed by atoms with van der Waals surface area (Å²) >= 11 is 0. The first-order chi connectivity index (χ1) is 6.00. The molecular weight excluding hydrogens is 164 g/mol. The number of rotatable bonds is 0. The minimum Gasteiger partial charge on any atom is -0.284 e. The number of aromatic amines is 1. The van der Waals surface area contributed by atoms with Crippen molar-refractivity contribution >= 4 is 0 Å². The smallest absolute Gasteiger partial charge is 0.267 e. The molecule has 0 aromatic carbocycles. The van der Waals surface area contributed by atoms with E-state index in [9.17, 15) is 4.79 Å². The van der Waals surface area contributed by atoms with E-state index in [1.807, 2.05) is 4.68 Å². The number of hydrogen-bond donors (Lipinski definition) is 1. The van der Waals surface area contributed by atoms with Crippen LogP contribution in [0.1, 0.15) is 38.4 Å². The van der Waals surface area contributed by atoms with Crippen LogP contribution in [0.5, 0.6) is 0 Å². The quantitative estimate of drug-likeness (QED) is 0.644. The minimum atomic E-state index is -0.00289. The molecule has 1 N–H and O–H groups in total. The Hall–Kier alpha value is -0.990. The van der Waals surface area contributed by atoms with Gasteiger partial charge in [0.25, 0.3) is 5.56 Å². The van der Waals surface area contributed by atoms with Crippen LogP contribution in [-0.2, 0) is 18.4 Å². The Morgan fingerprint density at radius 1 is 1.31 bits per heavy atom. The van der Waals surface area contributed by atoms with Crippen molar-refractivity contribution in [2.75, 3.05) is 0 Å². The molecule has 0 atom stereocenters. The number of fused-ring (bicyclic) bond motifs is 1. The molecule has 72 valence electrons. The van der Waals surface area contributed by atoms with Crippen LogP contribution in [0.2, 0.25) is 0 Å². The molecule has 0 amide bonds. The van der Waals surface area contributed by atoms with Gasteiger partial charge in [0.05, 0.1) is 5.54 Å². The molecule has 3 nitrogen and oxygen atoms in total. The van der Waals surface area contributed by atoms with Crippen LogP contribution < -0.4 is 5.56 Å². The van der Waals surface area contributed by atoms with Gasteiger partial charge in [-0.25, -0.2) is 0 Å². The topological polar surface area (TPSA) is 37.8 Å². The van der Waals surface area contributed by atoms with Crippen molar-refractivity contribution in [1.82, 2.24) is 9.78 Å². The Labute approximate surface area is 77.7 Å². The molecular formula is C10H16N2O. The molecule has 0 saturated heterocycles. The molecule has 3 heteroatoms. The van der Waals surface area contributed by atoms with Crippen molar-refractivity contribution in [3.05, 3.63) is 21.6 Å². The van der Waals surface area contributed by atoms with E-state index < -0.39 is 0 Å². The summed E-state index contributed by atoms with van der Waals surface area (Å²) in [5.74, 6) is 0. The summed E-state index contributed by atoms with van der Waals surface area (Å²) in [5, 5.41) is 2.92. The zero-order chi connectivity index (χ0) is 9.64. The van der Waals surface area contributed by atoms with Crippen LogP contribution in [0.4, 0.5) is 0 Å². The summed E-state index contributed by atoms with van der Waals surface area (Å²) in [4.78, 5) is 11.5. The van der Waals surface area contributed by atoms with Gasteiger partial charge in [0.1, 0.15) is 0 Å². The maximum atomic E-state index is 11.5. The highest BCUT2D eigenvalue weighted by atomic mass is 16.1. The number of nitrogens with one attached hydrogen (secondary N) is 1. The van der Waals surface area contributed by atoms with Gasteiger partial charge in [0.15, 0.2) is 0 Å². The lowest BCUT2D eigenvalue weighted by molar-refractivity contribution is 0.342. The summed E-state index contributed by atoms with van der Waals surface area (Å²) in [5.41, 5.74) is 2.34. The largest absolute Gasteiger partial charge is 0.284 e. The number of nitrogens with zero attached hydrogens (tertiary/aromatic N) is 1. The summed E-state index contributed by atoms with van der Waals surface area (Å²) in [7, 11) is 0. The Morgan fingerprint density at radius 2 is 2.00 bits per heavy atom. The Morgan fingerprint density at radius 3 is 2.62 bits per heavy atom. The van der Waals surface area contributed by atoms with E-state index in [1.54, 1.807) is 0 Å². The van der Waals surface area contributed by atoms with Crippen LogP contribution >= 0.6 is 0 Å². The fraction of sp³-hybridized carbons (Fsp3) is 0.700. The first-order valence-corrected chi connectivity index (χ1v) is 4.83. The molecule has 1 aliphatic rings. The van der Waals surface area contributed by atoms with Gasteiger partial charge in [-0.2, -0.15) is 0 Å². The van der Waals surface area contributed by atoms with Gasteiger partial charge in [-0.15, -0.1) is 0 Å². The molecule has 1 aliphatic carbocycles. The van der Waals surface area contributed by atoms with Crippen LogP contribution in [0.15, 0.2) is 4.79 Å². The van der Waals surface area contributed by atoms with E-state index in [0.717, 1.165) is 24.8 Å². The number of hydrogen-bond acceptors (Lipinski definition) is 1. The standard InChI is InChI=1S/C10H16N2O/c1-10(2,3)12-8-6-4-5-7(8)9(13)11-12/h4-6H2,1-3H3,(H,11,13). The second-order valence-corrected chi connectivity index (χ2v) is 4.73. The maximum Gasteiger partial charge on any atom is 0.267 e. The fourth-order valence-electron chi connectivity index (χ4n) is 2.03. The van der Waals surface area contributed by atoms with Crippen LogP contribution in [0.3, 0.4) is 0 Å². The zero-order valence-corrected chi connectivity index (χ0v) is 8.48. The van der Waals surface area contributed by atoms with Crippen molar-refractivity contribution in [3.8, 4) is 0 Å². The third kappa shape index (κ3) is 1.23. The third-order valence-corrected chi connectivity index (χ3v) is 2.62. The molecule has 0 spiro atoms. The van der Waals surface area contributed by atoms with Crippen LogP contribution in [-0.4, -0.2) is 9.78 Å². The van der Waals surface area contributed by atoms with E-state index in [1.165, 1.54) is 5.69 Å². The first kappa shape index (κ1) is 8.60. The molecule has 0 aliphatic heterocycles. The molecule has 1 aromatic heterocycles. The Kier molecular flexibility index (Phi) is 1.65. The van der Waals surface area contributed by atoms with Gasteiger partial charge in [-0.1, -0.05) is 0 Å². The maximum absolute atomic E-state index is 11.5. The highest BCUT2D eigenvalue weighted by molar-refractivity contribution is 5.24. The van der Waals surface area contributed by atoms with Gasteiger partial charge in [-0.3, -0.25) is 14.6 Å². The van der Waals surface area contributed by atoms with E-state index in [-0.39, 0.29) is 11.1 Å². The molecule has 0 saturated carbocycles. The van der Waals surface area contributed by atoms with Gasteiger partial charge in [0, 0.05) is 11.3 Å². The number of H-pyrrole nitrogens is 1. The summed E-state index contributed by atoms with van der Waals surface area (Å²) in [6.07, 6.45) is 3.13. The van der Waals surface area contributed by atoms with E-state index in [2.05, 4.69) is 25.9 Å². The van der Waals surface area contributed by atoms with Gasteiger partial charge < -0.3 is 0 Å². The normalized spacial score (nSPS) is 16.2. The lowest BCUT2D eigenvalue weighted by Gasteiger charge is -2.22. The highest BCUT2D eigenvalue weighted by Crippen LogP contribution is 2.23. The van der Waals surface area contributed by atoms with Crippen molar-refractivity contribution in [2.24, 2.45) is 0 Å². The van der Waals surface area contributed by atoms with Gasteiger partial charge >= 0.3 is 0 Å². The summed E-state index contributed by atoms with van der Waals surface area (Å²) in [6.45, 7) is 6.34. The van der Waals surface area contributed by atoms with E-state index >= 15 is 0 Å². The molecule has 1 aromatic rings. The lowest BCUT2D eigenvalue weighted by Crippen LogP contribution is -2.26. The second kappa shape index (κ2) is 2.50. The zero-order valence-electron chi connectivity index (χ0n) is 8.48. The monoisotopic (exact) mass is 180 g/mol. The number of aromatic nitrogens is 2. The van der Waals surface area contributed by atoms with Gasteiger partial charge in [-0.05, 0) is 40.0 Å². The van der Waals surface area contributed by atoms with Crippen molar-refractivity contribution in [3.63, 3.8) is 0 Å². The van der Waals surface area contributed by atoms with E-state index in [0.29, 0.717) is 0 Å². The second-order valence-electron chi connectivity index (χ2n) is 4.73. The summed E-state index contributed by atoms with van der Waals surface area (Å²) in [6, 6.07) is 0. The van der Waals surface area contributed by atoms with Crippen LogP contribution in [0, 0.1) is 0 Å². The lowest BCUT2D eigenvalue weighted by atomic mass is 10.1. The predicted molar refractivity (Wildman–Crippen MR) is 52.1 cm³/mol. The molecule has 2 rings (SSSR count). The first-order valence-electron chi connectivity index (χ1n) is 4.83. The molecule has 1 heterocycles. The average Bonchev–Trinajstić information content (AvgIpc) is 2.51. The van der Waals surface area contributed by atoms with E-state index in [4.69, 9.17) is 0 Å². The van der Waals surface area contributed by atoms with Crippen molar-refractivity contribution in [1.29, 1.82) is 0 Å². The Balaban J connectivity index is 2.61. The Bertz CT molecular complexity index is 379. The third-order valence-electron chi connectivity index (χ3n) is 2.62. The summed E-state index contributed by atoms with van der Waals surface area (Å²) < 4.78 is 2.03. The van der Waals surface area contributed by atoms with Gasteiger partial charge in [0.2, 0.25) is 0 Å². The molecule has 0 bridgehead atoms. The minimum absolute atomic E-state index is 0.00289. The molecule has 0 fully saturated rings. The van der Waals surface area contributed by atoms with Crippen LogP contribution in [0.25, 0.3) is 0 Å². The predicted octanol–water partition coefficient (Wildman–Crippen LogP) is 1.42. The van der Waals surface area contributed by atoms with Crippen molar-refractivity contribution < 1.29 is 0 Å². The molecule has 0 unspecified atom stereocenters. The SMILES string of the molecule is CC(C)(C)n1[nH]c(=O)c2c1CCC2. The molecule has 13 heavy (non-hydrogen) atoms.